The van der Waals surface area contributed by atoms with E-state index in [9.17, 15) is 9.59 Å². The van der Waals surface area contributed by atoms with Crippen LogP contribution in [0.4, 0.5) is 0 Å². The number of H-pyrrole nitrogens is 1. The Morgan fingerprint density at radius 3 is 2.92 bits per heavy atom. The summed E-state index contributed by atoms with van der Waals surface area (Å²) in [6, 6.07) is 6.58. The monoisotopic (exact) mass is 162 g/mol. The molecule has 0 atom stereocenters. The number of rotatable bonds is 0. The Kier molecular flexibility index (Phi) is 1.33. The van der Waals surface area contributed by atoms with E-state index in [2.05, 4.69) is 4.98 Å². The van der Waals surface area contributed by atoms with Crippen molar-refractivity contribution in [1.82, 2.24) is 9.38 Å². The second-order valence-corrected chi connectivity index (χ2v) is 2.43. The molecular formula is C8H6N2O2. The molecule has 0 radical (unpaired) electrons. The third-order valence-corrected chi connectivity index (χ3v) is 1.62. The van der Waals surface area contributed by atoms with Crippen molar-refractivity contribution in [3.8, 4) is 0 Å². The zero-order valence-corrected chi connectivity index (χ0v) is 6.15. The van der Waals surface area contributed by atoms with Crippen molar-refractivity contribution >= 4 is 5.52 Å². The average Bonchev–Trinajstić information content (AvgIpc) is 2.04. The first kappa shape index (κ1) is 6.84. The number of pyridine rings is 1. The van der Waals surface area contributed by atoms with Crippen LogP contribution in [-0.2, 0) is 0 Å². The minimum Gasteiger partial charge on any atom is -0.274 e. The summed E-state index contributed by atoms with van der Waals surface area (Å²) in [5.41, 5.74) is -0.171. The molecule has 0 aromatic carbocycles. The molecule has 0 bridgehead atoms. The quantitative estimate of drug-likeness (QED) is 0.592. The molecule has 2 rings (SSSR count). The Bertz CT molecular complexity index is 524. The van der Waals surface area contributed by atoms with Gasteiger partial charge in [-0.25, -0.2) is 4.79 Å². The first-order chi connectivity index (χ1) is 5.77. The van der Waals surface area contributed by atoms with E-state index in [-0.39, 0.29) is 5.56 Å². The number of nitrogens with one attached hydrogen (secondary N) is 1. The molecule has 0 saturated carbocycles. The van der Waals surface area contributed by atoms with Crippen LogP contribution in [0, 0.1) is 0 Å². The van der Waals surface area contributed by atoms with Gasteiger partial charge in [0.1, 0.15) is 0 Å². The van der Waals surface area contributed by atoms with E-state index in [4.69, 9.17) is 0 Å². The number of hydrogen-bond donors (Lipinski definition) is 1. The standard InChI is InChI=1S/C8H6N2O2/c11-7-5-6-3-1-2-4-10(6)8(12)9-7/h1-5H,(H,9,11,12). The Labute approximate surface area is 67.1 Å². The molecule has 4 nitrogen and oxygen atoms in total. The maximum Gasteiger partial charge on any atom is 0.332 e. The van der Waals surface area contributed by atoms with E-state index >= 15 is 0 Å². The molecule has 0 saturated heterocycles. The van der Waals surface area contributed by atoms with Crippen LogP contribution < -0.4 is 11.2 Å². The van der Waals surface area contributed by atoms with Crippen LogP contribution in [0.25, 0.3) is 5.52 Å². The van der Waals surface area contributed by atoms with E-state index in [0.29, 0.717) is 5.52 Å². The van der Waals surface area contributed by atoms with Crippen LogP contribution in [0.15, 0.2) is 40.1 Å². The smallest absolute Gasteiger partial charge is 0.274 e. The summed E-state index contributed by atoms with van der Waals surface area (Å²) < 4.78 is 1.38. The fourth-order valence-electron chi connectivity index (χ4n) is 1.09. The highest BCUT2D eigenvalue weighted by Crippen LogP contribution is 1.93. The van der Waals surface area contributed by atoms with E-state index in [1.54, 1.807) is 24.4 Å². The van der Waals surface area contributed by atoms with Gasteiger partial charge < -0.3 is 0 Å². The summed E-state index contributed by atoms with van der Waals surface area (Å²) in [7, 11) is 0. The fraction of sp³-hybridized carbons (Fsp3) is 0. The van der Waals surface area contributed by atoms with Crippen LogP contribution in [0.2, 0.25) is 0 Å². The summed E-state index contributed by atoms with van der Waals surface area (Å²) in [5.74, 6) is 0. The lowest BCUT2D eigenvalue weighted by Gasteiger charge is -1.95. The van der Waals surface area contributed by atoms with Crippen LogP contribution in [0.3, 0.4) is 0 Å². The van der Waals surface area contributed by atoms with Crippen LogP contribution in [0.1, 0.15) is 0 Å². The lowest BCUT2D eigenvalue weighted by molar-refractivity contribution is 0.969. The van der Waals surface area contributed by atoms with Gasteiger partial charge in [0.2, 0.25) is 0 Å². The van der Waals surface area contributed by atoms with Crippen LogP contribution in [-0.4, -0.2) is 9.38 Å². The Morgan fingerprint density at radius 1 is 1.25 bits per heavy atom. The molecule has 0 unspecified atom stereocenters. The fourth-order valence-corrected chi connectivity index (χ4v) is 1.09. The number of fused-ring (bicyclic) bond motifs is 1. The van der Waals surface area contributed by atoms with Crippen molar-refractivity contribution in [1.29, 1.82) is 0 Å². The molecule has 0 aliphatic heterocycles. The molecule has 2 heterocycles. The minimum atomic E-state index is -0.405. The van der Waals surface area contributed by atoms with E-state index < -0.39 is 5.69 Å². The predicted octanol–water partition coefficient (Wildman–Crippen LogP) is -0.0122. The third-order valence-electron chi connectivity index (χ3n) is 1.62. The van der Waals surface area contributed by atoms with Crippen molar-refractivity contribution in [3.05, 3.63) is 51.3 Å². The highest BCUT2D eigenvalue weighted by molar-refractivity contribution is 5.44. The maximum atomic E-state index is 11.1. The first-order valence-corrected chi connectivity index (χ1v) is 3.48. The summed E-state index contributed by atoms with van der Waals surface area (Å²) >= 11 is 0. The number of aromatic amines is 1. The normalized spacial score (nSPS) is 10.3. The molecule has 0 spiro atoms. The van der Waals surface area contributed by atoms with Crippen molar-refractivity contribution < 1.29 is 0 Å². The van der Waals surface area contributed by atoms with Crippen molar-refractivity contribution in [2.45, 2.75) is 0 Å². The van der Waals surface area contributed by atoms with Gasteiger partial charge in [0, 0.05) is 12.3 Å². The summed E-state index contributed by atoms with van der Waals surface area (Å²) in [6.45, 7) is 0. The largest absolute Gasteiger partial charge is 0.332 e. The minimum absolute atomic E-state index is 0.369. The second kappa shape index (κ2) is 2.34. The molecule has 12 heavy (non-hydrogen) atoms. The first-order valence-electron chi connectivity index (χ1n) is 3.48. The highest BCUT2D eigenvalue weighted by atomic mass is 16.2. The SMILES string of the molecule is O=c1cc2ccccn2c(=O)[nH]1. The zero-order chi connectivity index (χ0) is 8.55. The zero-order valence-electron chi connectivity index (χ0n) is 6.15. The number of nitrogens with zero attached hydrogens (tertiary/aromatic N) is 1. The van der Waals surface area contributed by atoms with Crippen molar-refractivity contribution in [2.75, 3.05) is 0 Å². The molecule has 1 N–H and O–H groups in total. The molecule has 2 aromatic heterocycles. The van der Waals surface area contributed by atoms with Gasteiger partial charge in [-0.2, -0.15) is 0 Å². The molecular weight excluding hydrogens is 156 g/mol. The number of aromatic nitrogens is 2. The number of hydrogen-bond acceptors (Lipinski definition) is 2. The van der Waals surface area contributed by atoms with Gasteiger partial charge in [-0.15, -0.1) is 0 Å². The third kappa shape index (κ3) is 0.934. The van der Waals surface area contributed by atoms with Gasteiger partial charge >= 0.3 is 5.69 Å². The van der Waals surface area contributed by atoms with Gasteiger partial charge in [-0.3, -0.25) is 14.2 Å². The van der Waals surface area contributed by atoms with Gasteiger partial charge in [0.15, 0.2) is 0 Å². The molecule has 0 amide bonds. The molecule has 60 valence electrons. The molecule has 2 aromatic rings. The predicted molar refractivity (Wildman–Crippen MR) is 44.3 cm³/mol. The van der Waals surface area contributed by atoms with Gasteiger partial charge in [0.05, 0.1) is 5.52 Å². The summed E-state index contributed by atoms with van der Waals surface area (Å²) in [5, 5.41) is 0. The Morgan fingerprint density at radius 2 is 2.08 bits per heavy atom. The van der Waals surface area contributed by atoms with Crippen molar-refractivity contribution in [2.24, 2.45) is 0 Å². The molecule has 0 aliphatic rings. The second-order valence-electron chi connectivity index (χ2n) is 2.43. The highest BCUT2D eigenvalue weighted by Gasteiger charge is 1.94. The maximum absolute atomic E-state index is 11.1. The van der Waals surface area contributed by atoms with E-state index in [1.807, 2.05) is 0 Å². The summed E-state index contributed by atoms with van der Waals surface area (Å²) in [4.78, 5) is 24.1. The molecule has 0 fully saturated rings. The van der Waals surface area contributed by atoms with Crippen LogP contribution >= 0.6 is 0 Å². The Hall–Kier alpha value is -1.84. The topological polar surface area (TPSA) is 54.3 Å². The van der Waals surface area contributed by atoms with E-state index in [0.717, 1.165) is 0 Å². The summed E-state index contributed by atoms with van der Waals surface area (Å²) in [6.07, 6.45) is 1.60. The van der Waals surface area contributed by atoms with Crippen molar-refractivity contribution in [3.63, 3.8) is 0 Å². The molecule has 4 heteroatoms. The average molecular weight is 162 g/mol. The lowest BCUT2D eigenvalue weighted by Crippen LogP contribution is -2.24. The Balaban J connectivity index is 3.09. The van der Waals surface area contributed by atoms with Gasteiger partial charge in [-0.05, 0) is 12.1 Å². The van der Waals surface area contributed by atoms with E-state index in [1.165, 1.54) is 10.5 Å². The van der Waals surface area contributed by atoms with Gasteiger partial charge in [0.25, 0.3) is 5.56 Å². The van der Waals surface area contributed by atoms with Gasteiger partial charge in [-0.1, -0.05) is 6.07 Å². The lowest BCUT2D eigenvalue weighted by atomic mass is 10.4. The van der Waals surface area contributed by atoms with Crippen LogP contribution in [0.5, 0.6) is 0 Å². The molecule has 0 aliphatic carbocycles.